The highest BCUT2D eigenvalue weighted by Gasteiger charge is 2.06. The van der Waals surface area contributed by atoms with Gasteiger partial charge < -0.3 is 0 Å². The smallest absolute Gasteiger partial charge is 0.0251 e. The summed E-state index contributed by atoms with van der Waals surface area (Å²) in [4.78, 5) is 0. The van der Waals surface area contributed by atoms with Gasteiger partial charge in [-0.05, 0) is 40.8 Å². The Morgan fingerprint density at radius 3 is 2.29 bits per heavy atom. The van der Waals surface area contributed by atoms with E-state index >= 15 is 0 Å². The molecule has 0 radical (unpaired) electrons. The third-order valence-corrected chi connectivity index (χ3v) is 3.31. The number of hydrogen-bond acceptors (Lipinski definition) is 0. The molecule has 21 heavy (non-hydrogen) atoms. The molecule has 0 nitrogen and oxygen atoms in total. The number of benzene rings is 2. The molecule has 2 aromatic carbocycles. The summed E-state index contributed by atoms with van der Waals surface area (Å²) in [6, 6.07) is 18.3. The van der Waals surface area contributed by atoms with Crippen LogP contribution in [-0.4, -0.2) is 0 Å². The van der Waals surface area contributed by atoms with Gasteiger partial charge in [0.15, 0.2) is 0 Å². The molecule has 2 aromatic rings. The van der Waals surface area contributed by atoms with Crippen molar-refractivity contribution in [3.63, 3.8) is 0 Å². The van der Waals surface area contributed by atoms with Crippen molar-refractivity contribution >= 4 is 11.1 Å². The summed E-state index contributed by atoms with van der Waals surface area (Å²) < 4.78 is 0. The molecule has 0 unspecified atom stereocenters. The number of unbranched alkanes of at least 4 members (excludes halogenated alkanes) is 1. The monoisotopic (exact) mass is 272 g/mol. The van der Waals surface area contributed by atoms with Gasteiger partial charge in [0, 0.05) is 12.0 Å². The van der Waals surface area contributed by atoms with E-state index in [1.807, 2.05) is 30.3 Å². The fourth-order valence-electron chi connectivity index (χ4n) is 2.06. The van der Waals surface area contributed by atoms with E-state index in [0.29, 0.717) is 0 Å². The van der Waals surface area contributed by atoms with Crippen LogP contribution in [0.15, 0.2) is 67.8 Å². The normalized spacial score (nSPS) is 9.57. The Balaban J connectivity index is 2.22. The Hall–Kier alpha value is -2.52. The Bertz CT molecular complexity index is 694. The van der Waals surface area contributed by atoms with Gasteiger partial charge in [-0.25, -0.2) is 0 Å². The number of rotatable bonds is 4. The first-order valence-corrected chi connectivity index (χ1v) is 7.25. The molecule has 0 atom stereocenters. The Morgan fingerprint density at radius 2 is 1.57 bits per heavy atom. The van der Waals surface area contributed by atoms with E-state index in [0.717, 1.165) is 40.7 Å². The van der Waals surface area contributed by atoms with Crippen LogP contribution in [0.4, 0.5) is 0 Å². The molecule has 0 saturated heterocycles. The molecule has 0 aliphatic carbocycles. The first-order chi connectivity index (χ1) is 10.2. The van der Waals surface area contributed by atoms with Gasteiger partial charge in [-0.15, -0.1) is 0 Å². The molecule has 2 rings (SSSR count). The average molecular weight is 272 g/mol. The molecule has 0 aliphatic rings. The third kappa shape index (κ3) is 3.97. The predicted molar refractivity (Wildman–Crippen MR) is 92.7 cm³/mol. The quantitative estimate of drug-likeness (QED) is 0.504. The van der Waals surface area contributed by atoms with Crippen molar-refractivity contribution in [2.24, 2.45) is 0 Å². The molecule has 0 saturated carbocycles. The van der Waals surface area contributed by atoms with Crippen LogP contribution in [0.25, 0.3) is 11.1 Å². The summed E-state index contributed by atoms with van der Waals surface area (Å²) in [6.07, 6.45) is 2.02. The summed E-state index contributed by atoms with van der Waals surface area (Å²) in [5, 5.41) is 0. The minimum atomic E-state index is 0.932. The van der Waals surface area contributed by atoms with Crippen molar-refractivity contribution in [2.75, 3.05) is 0 Å². The second-order valence-corrected chi connectivity index (χ2v) is 4.96. The van der Waals surface area contributed by atoms with Crippen molar-refractivity contribution < 1.29 is 0 Å². The van der Waals surface area contributed by atoms with Gasteiger partial charge in [0.1, 0.15) is 0 Å². The molecule has 0 N–H and O–H groups in total. The lowest BCUT2D eigenvalue weighted by atomic mass is 9.94. The second kappa shape index (κ2) is 7.31. The lowest BCUT2D eigenvalue weighted by Gasteiger charge is -2.10. The maximum absolute atomic E-state index is 4.19. The molecule has 104 valence electrons. The molecule has 0 bridgehead atoms. The van der Waals surface area contributed by atoms with Crippen LogP contribution in [0.3, 0.4) is 0 Å². The number of allylic oxidation sites excluding steroid dienone is 2. The lowest BCUT2D eigenvalue weighted by Crippen LogP contribution is -1.88. The van der Waals surface area contributed by atoms with Crippen molar-refractivity contribution in [3.05, 3.63) is 84.4 Å². The average Bonchev–Trinajstić information content (AvgIpc) is 2.55. The van der Waals surface area contributed by atoms with Crippen LogP contribution in [0.1, 0.15) is 36.5 Å². The molecule has 0 heterocycles. The summed E-state index contributed by atoms with van der Waals surface area (Å²) in [5.74, 6) is 6.38. The Kier molecular flexibility index (Phi) is 5.18. The van der Waals surface area contributed by atoms with Gasteiger partial charge in [-0.3, -0.25) is 0 Å². The van der Waals surface area contributed by atoms with Crippen LogP contribution < -0.4 is 0 Å². The van der Waals surface area contributed by atoms with Crippen LogP contribution in [0.2, 0.25) is 0 Å². The summed E-state index contributed by atoms with van der Waals surface area (Å²) in [6.45, 7) is 10.5. The van der Waals surface area contributed by atoms with Crippen LogP contribution in [0.5, 0.6) is 0 Å². The van der Waals surface area contributed by atoms with Crippen molar-refractivity contribution in [1.82, 2.24) is 0 Å². The van der Waals surface area contributed by atoms with E-state index in [-0.39, 0.29) is 0 Å². The molecule has 0 spiro atoms. The van der Waals surface area contributed by atoms with Crippen LogP contribution in [0, 0.1) is 11.8 Å². The molecule has 0 aliphatic heterocycles. The van der Waals surface area contributed by atoms with Gasteiger partial charge in [-0.2, -0.15) is 0 Å². The number of hydrogen-bond donors (Lipinski definition) is 0. The molecule has 0 amide bonds. The minimum Gasteiger partial charge on any atom is -0.0979 e. The Morgan fingerprint density at radius 1 is 0.905 bits per heavy atom. The SMILES string of the molecule is C=C(C(=C)c1cccc(C#CCCC)c1)c1ccccc1. The van der Waals surface area contributed by atoms with Crippen LogP contribution in [-0.2, 0) is 0 Å². The summed E-state index contributed by atoms with van der Waals surface area (Å²) >= 11 is 0. The van der Waals surface area contributed by atoms with E-state index in [9.17, 15) is 0 Å². The van der Waals surface area contributed by atoms with Gasteiger partial charge in [0.05, 0.1) is 0 Å². The standard InChI is InChI=1S/C21H20/c1-4-5-7-11-19-12-10-15-21(16-19)18(3)17(2)20-13-8-6-9-14-20/h6,8-10,12-16H,2-5H2,1H3. The Labute approximate surface area is 127 Å². The molecule has 0 fully saturated rings. The lowest BCUT2D eigenvalue weighted by molar-refractivity contribution is 0.983. The van der Waals surface area contributed by atoms with Crippen LogP contribution >= 0.6 is 0 Å². The van der Waals surface area contributed by atoms with E-state index in [2.05, 4.69) is 56.2 Å². The van der Waals surface area contributed by atoms with Crippen molar-refractivity contribution in [3.8, 4) is 11.8 Å². The zero-order chi connectivity index (χ0) is 15.1. The fraction of sp³-hybridized carbons (Fsp3) is 0.143. The molecule has 0 heteroatoms. The molecule has 0 aromatic heterocycles. The van der Waals surface area contributed by atoms with E-state index in [4.69, 9.17) is 0 Å². The highest BCUT2D eigenvalue weighted by molar-refractivity contribution is 6.03. The predicted octanol–water partition coefficient (Wildman–Crippen LogP) is 5.56. The zero-order valence-electron chi connectivity index (χ0n) is 12.5. The first kappa shape index (κ1) is 14.9. The molecular formula is C21H20. The third-order valence-electron chi connectivity index (χ3n) is 3.31. The highest BCUT2D eigenvalue weighted by atomic mass is 14.1. The first-order valence-electron chi connectivity index (χ1n) is 7.25. The maximum Gasteiger partial charge on any atom is 0.0251 e. The summed E-state index contributed by atoms with van der Waals surface area (Å²) in [5.41, 5.74) is 5.11. The van der Waals surface area contributed by atoms with Gasteiger partial charge in [-0.1, -0.05) is 74.4 Å². The van der Waals surface area contributed by atoms with Crippen molar-refractivity contribution in [2.45, 2.75) is 19.8 Å². The largest absolute Gasteiger partial charge is 0.0979 e. The second-order valence-electron chi connectivity index (χ2n) is 4.96. The minimum absolute atomic E-state index is 0.932. The fourth-order valence-corrected chi connectivity index (χ4v) is 2.06. The summed E-state index contributed by atoms with van der Waals surface area (Å²) in [7, 11) is 0. The van der Waals surface area contributed by atoms with E-state index in [1.165, 1.54) is 0 Å². The van der Waals surface area contributed by atoms with Crippen molar-refractivity contribution in [1.29, 1.82) is 0 Å². The highest BCUT2D eigenvalue weighted by Crippen LogP contribution is 2.28. The van der Waals surface area contributed by atoms with E-state index < -0.39 is 0 Å². The van der Waals surface area contributed by atoms with E-state index in [1.54, 1.807) is 0 Å². The van der Waals surface area contributed by atoms with Gasteiger partial charge in [0.25, 0.3) is 0 Å². The van der Waals surface area contributed by atoms with Gasteiger partial charge >= 0.3 is 0 Å². The molecular weight excluding hydrogens is 252 g/mol. The topological polar surface area (TPSA) is 0 Å². The zero-order valence-corrected chi connectivity index (χ0v) is 12.5. The van der Waals surface area contributed by atoms with Gasteiger partial charge in [0.2, 0.25) is 0 Å². The maximum atomic E-state index is 4.19.